The van der Waals surface area contributed by atoms with Gasteiger partial charge in [0.1, 0.15) is 0 Å². The summed E-state index contributed by atoms with van der Waals surface area (Å²) in [6.07, 6.45) is 5.50. The zero-order chi connectivity index (χ0) is 15.8. The number of ketones is 1. The van der Waals surface area contributed by atoms with Gasteiger partial charge in [0, 0.05) is 17.0 Å². The van der Waals surface area contributed by atoms with Crippen molar-refractivity contribution in [3.63, 3.8) is 0 Å². The normalized spacial score (nSPS) is 22.8. The fourth-order valence-electron chi connectivity index (χ4n) is 4.04. The maximum absolute atomic E-state index is 12.7. The minimum absolute atomic E-state index is 0.214. The quantitative estimate of drug-likeness (QED) is 0.794. The number of carbonyl (C=O) groups is 1. The van der Waals surface area contributed by atoms with Crippen molar-refractivity contribution in [1.82, 2.24) is 4.98 Å². The van der Waals surface area contributed by atoms with Crippen LogP contribution in [0.1, 0.15) is 47.3 Å². The largest absolute Gasteiger partial charge is 0.294 e. The number of hydrogen-bond acceptors (Lipinski definition) is 3. The highest BCUT2D eigenvalue weighted by atomic mass is 16.1. The lowest BCUT2D eigenvalue weighted by Crippen LogP contribution is -2.34. The van der Waals surface area contributed by atoms with Crippen LogP contribution in [0.4, 0.5) is 0 Å². The summed E-state index contributed by atoms with van der Waals surface area (Å²) in [6.45, 7) is 0. The van der Waals surface area contributed by atoms with Gasteiger partial charge in [-0.2, -0.15) is 5.26 Å². The van der Waals surface area contributed by atoms with Crippen molar-refractivity contribution in [2.75, 3.05) is 0 Å². The molecule has 1 saturated carbocycles. The minimum Gasteiger partial charge on any atom is -0.294 e. The lowest BCUT2D eigenvalue weighted by atomic mass is 9.69. The van der Waals surface area contributed by atoms with E-state index in [9.17, 15) is 4.79 Å². The molecule has 0 saturated heterocycles. The molecule has 2 aliphatic rings. The van der Waals surface area contributed by atoms with Gasteiger partial charge in [-0.25, -0.2) is 0 Å². The number of nitriles is 1. The predicted octanol–water partition coefficient (Wildman–Crippen LogP) is 4.17. The van der Waals surface area contributed by atoms with Gasteiger partial charge < -0.3 is 0 Å². The maximum atomic E-state index is 12.7. The number of pyridine rings is 1. The Bertz CT molecular complexity index is 819. The molecule has 3 heteroatoms. The van der Waals surface area contributed by atoms with Crippen LogP contribution in [0.3, 0.4) is 0 Å². The van der Waals surface area contributed by atoms with Crippen molar-refractivity contribution in [1.29, 1.82) is 5.26 Å². The van der Waals surface area contributed by atoms with E-state index in [1.807, 2.05) is 30.3 Å². The number of rotatable bonds is 1. The molecule has 1 fully saturated rings. The molecule has 0 amide bonds. The van der Waals surface area contributed by atoms with E-state index < -0.39 is 0 Å². The number of aromatic nitrogens is 1. The van der Waals surface area contributed by atoms with Crippen LogP contribution in [0.5, 0.6) is 0 Å². The molecule has 1 aromatic heterocycles. The zero-order valence-electron chi connectivity index (χ0n) is 13.0. The lowest BCUT2D eigenvalue weighted by Gasteiger charge is -2.34. The fraction of sp³-hybridized carbons (Fsp3) is 0.350. The van der Waals surface area contributed by atoms with Gasteiger partial charge in [0.2, 0.25) is 0 Å². The van der Waals surface area contributed by atoms with E-state index in [-0.39, 0.29) is 5.92 Å². The highest BCUT2D eigenvalue weighted by Gasteiger charge is 2.37. The number of hydrogen-bond donors (Lipinski definition) is 0. The number of carbonyl (C=O) groups excluding carboxylic acids is 1. The second-order valence-electron chi connectivity index (χ2n) is 6.60. The van der Waals surface area contributed by atoms with E-state index >= 15 is 0 Å². The summed E-state index contributed by atoms with van der Waals surface area (Å²) in [6, 6.07) is 13.5. The number of Topliss-reactive ketones (excluding diaryl/α,β-unsaturated/α-hetero) is 1. The van der Waals surface area contributed by atoms with Crippen LogP contribution in [0.15, 0.2) is 36.4 Å². The summed E-state index contributed by atoms with van der Waals surface area (Å²) in [5.41, 5.74) is 4.17. The summed E-state index contributed by atoms with van der Waals surface area (Å²) in [4.78, 5) is 17.5. The second-order valence-corrected chi connectivity index (χ2v) is 6.60. The lowest BCUT2D eigenvalue weighted by molar-refractivity contribution is 0.0798. The Hall–Kier alpha value is -2.47. The van der Waals surface area contributed by atoms with E-state index in [2.05, 4.69) is 6.07 Å². The number of fused-ring (bicyclic) bond motifs is 2. The van der Waals surface area contributed by atoms with Gasteiger partial charge in [-0.05, 0) is 49.4 Å². The van der Waals surface area contributed by atoms with E-state index in [1.165, 1.54) is 12.8 Å². The first-order chi connectivity index (χ1) is 11.3. The molecule has 2 aliphatic carbocycles. The van der Waals surface area contributed by atoms with E-state index in [4.69, 9.17) is 10.2 Å². The summed E-state index contributed by atoms with van der Waals surface area (Å²) in [5, 5.41) is 9.05. The van der Waals surface area contributed by atoms with Crippen LogP contribution in [0.25, 0.3) is 11.3 Å². The molecule has 2 aromatic rings. The smallest absolute Gasteiger partial charge is 0.168 e. The van der Waals surface area contributed by atoms with Crippen LogP contribution in [-0.2, 0) is 6.42 Å². The topological polar surface area (TPSA) is 53.8 Å². The first-order valence-corrected chi connectivity index (χ1v) is 8.31. The van der Waals surface area contributed by atoms with Crippen LogP contribution >= 0.6 is 0 Å². The molecule has 1 aromatic carbocycles. The second kappa shape index (κ2) is 5.62. The van der Waals surface area contributed by atoms with Crippen molar-refractivity contribution >= 4 is 5.78 Å². The summed E-state index contributed by atoms with van der Waals surface area (Å²) in [5.74, 6) is 0.975. The monoisotopic (exact) mass is 302 g/mol. The van der Waals surface area contributed by atoms with Gasteiger partial charge in [-0.1, -0.05) is 25.0 Å². The summed E-state index contributed by atoms with van der Waals surface area (Å²) < 4.78 is 0. The van der Waals surface area contributed by atoms with Crippen molar-refractivity contribution in [3.8, 4) is 17.3 Å². The molecule has 2 atom stereocenters. The molecule has 0 aliphatic heterocycles. The molecule has 114 valence electrons. The molecule has 2 unspecified atom stereocenters. The van der Waals surface area contributed by atoms with Crippen molar-refractivity contribution in [2.45, 2.75) is 32.1 Å². The molecule has 3 nitrogen and oxygen atoms in total. The third-order valence-corrected chi connectivity index (χ3v) is 5.23. The third-order valence-electron chi connectivity index (χ3n) is 5.23. The summed E-state index contributed by atoms with van der Waals surface area (Å²) in [7, 11) is 0. The Morgan fingerprint density at radius 3 is 2.87 bits per heavy atom. The van der Waals surface area contributed by atoms with Gasteiger partial charge in [0.25, 0.3) is 0 Å². The SMILES string of the molecule is N#Cc1cccc(-c2ccc3c(n2)CC2CCCCC2C3=O)c1. The van der Waals surface area contributed by atoms with Gasteiger partial charge in [-0.3, -0.25) is 9.78 Å². The van der Waals surface area contributed by atoms with E-state index in [0.29, 0.717) is 17.3 Å². The predicted molar refractivity (Wildman–Crippen MR) is 87.9 cm³/mol. The fourth-order valence-corrected chi connectivity index (χ4v) is 4.04. The highest BCUT2D eigenvalue weighted by molar-refractivity contribution is 6.00. The molecule has 0 radical (unpaired) electrons. The summed E-state index contributed by atoms with van der Waals surface area (Å²) >= 11 is 0. The molecule has 0 N–H and O–H groups in total. The van der Waals surface area contributed by atoms with Crippen LogP contribution in [0.2, 0.25) is 0 Å². The van der Waals surface area contributed by atoms with Gasteiger partial charge in [0.15, 0.2) is 5.78 Å². The Balaban J connectivity index is 1.74. The Labute approximate surface area is 136 Å². The Kier molecular flexibility index (Phi) is 3.46. The Morgan fingerprint density at radius 1 is 1.13 bits per heavy atom. The Morgan fingerprint density at radius 2 is 2.00 bits per heavy atom. The average molecular weight is 302 g/mol. The van der Waals surface area contributed by atoms with Crippen molar-refractivity contribution < 1.29 is 4.79 Å². The number of nitrogens with zero attached hydrogens (tertiary/aromatic N) is 2. The van der Waals surface area contributed by atoms with Crippen LogP contribution in [0, 0.1) is 23.2 Å². The number of benzene rings is 1. The first kappa shape index (κ1) is 14.1. The van der Waals surface area contributed by atoms with Crippen molar-refractivity contribution in [2.24, 2.45) is 11.8 Å². The molecule has 0 bridgehead atoms. The molecule has 0 spiro atoms. The van der Waals surface area contributed by atoms with E-state index in [1.54, 1.807) is 6.07 Å². The molecule has 23 heavy (non-hydrogen) atoms. The highest BCUT2D eigenvalue weighted by Crippen LogP contribution is 2.39. The van der Waals surface area contributed by atoms with Crippen LogP contribution < -0.4 is 0 Å². The standard InChI is InChI=1S/C20H18N2O/c21-12-13-4-3-6-15(10-13)18-9-8-17-19(22-18)11-14-5-1-2-7-16(14)20(17)23/h3-4,6,8-10,14,16H,1-2,5,7,11H2. The van der Waals surface area contributed by atoms with Gasteiger partial charge in [0.05, 0.1) is 23.0 Å². The van der Waals surface area contributed by atoms with Gasteiger partial charge >= 0.3 is 0 Å². The average Bonchev–Trinajstić information content (AvgIpc) is 2.61. The maximum Gasteiger partial charge on any atom is 0.168 e. The minimum atomic E-state index is 0.214. The van der Waals surface area contributed by atoms with Crippen molar-refractivity contribution in [3.05, 3.63) is 53.2 Å². The molecule has 4 rings (SSSR count). The van der Waals surface area contributed by atoms with Crippen LogP contribution in [-0.4, -0.2) is 10.8 Å². The zero-order valence-corrected chi connectivity index (χ0v) is 13.0. The molecular formula is C20H18N2O. The molecule has 1 heterocycles. The van der Waals surface area contributed by atoms with E-state index in [0.717, 1.165) is 41.8 Å². The molecular weight excluding hydrogens is 284 g/mol. The third kappa shape index (κ3) is 2.45. The van der Waals surface area contributed by atoms with Gasteiger partial charge in [-0.15, -0.1) is 0 Å². The first-order valence-electron chi connectivity index (χ1n) is 8.31.